The van der Waals surface area contributed by atoms with Crippen molar-refractivity contribution in [2.45, 2.75) is 25.5 Å². The van der Waals surface area contributed by atoms with Gasteiger partial charge in [0.05, 0.1) is 19.0 Å². The lowest BCUT2D eigenvalue weighted by atomic mass is 10.2. The summed E-state index contributed by atoms with van der Waals surface area (Å²) in [6.07, 6.45) is 3.77. The third-order valence-corrected chi connectivity index (χ3v) is 3.64. The second kappa shape index (κ2) is 4.34. The lowest BCUT2D eigenvalue weighted by Gasteiger charge is -2.11. The molecule has 102 valence electrons. The van der Waals surface area contributed by atoms with Gasteiger partial charge < -0.3 is 9.30 Å². The molecule has 1 saturated heterocycles. The van der Waals surface area contributed by atoms with Crippen LogP contribution in [-0.4, -0.2) is 31.4 Å². The van der Waals surface area contributed by atoms with E-state index < -0.39 is 0 Å². The molecule has 2 aromatic rings. The van der Waals surface area contributed by atoms with E-state index >= 15 is 0 Å². The summed E-state index contributed by atoms with van der Waals surface area (Å²) < 4.78 is 9.86. The van der Waals surface area contributed by atoms with Crippen molar-refractivity contribution < 1.29 is 4.74 Å². The summed E-state index contributed by atoms with van der Waals surface area (Å²) in [7, 11) is 3.10. The van der Waals surface area contributed by atoms with Crippen LogP contribution in [0.25, 0.3) is 11.2 Å². The summed E-state index contributed by atoms with van der Waals surface area (Å²) >= 11 is 0. The number of hydrogen-bond acceptors (Lipinski definition) is 4. The van der Waals surface area contributed by atoms with Crippen LogP contribution in [0.2, 0.25) is 0 Å². The first-order valence-electron chi connectivity index (χ1n) is 6.32. The average Bonchev–Trinajstić information content (AvgIpc) is 3.04. The summed E-state index contributed by atoms with van der Waals surface area (Å²) in [6, 6.07) is 0. The summed E-state index contributed by atoms with van der Waals surface area (Å²) in [5.74, 6) is 0. The first-order chi connectivity index (χ1) is 9.09. The summed E-state index contributed by atoms with van der Waals surface area (Å²) in [6.45, 7) is 1.37. The van der Waals surface area contributed by atoms with Crippen LogP contribution in [0.3, 0.4) is 0 Å². The van der Waals surface area contributed by atoms with E-state index in [4.69, 9.17) is 4.74 Å². The Balaban J connectivity index is 2.17. The van der Waals surface area contributed by atoms with Crippen LogP contribution < -0.4 is 11.2 Å². The zero-order valence-corrected chi connectivity index (χ0v) is 11.0. The Kier molecular flexibility index (Phi) is 2.78. The fourth-order valence-electron chi connectivity index (χ4n) is 2.54. The fourth-order valence-corrected chi connectivity index (χ4v) is 2.54. The molecule has 19 heavy (non-hydrogen) atoms. The molecular weight excluding hydrogens is 248 g/mol. The fraction of sp³-hybridized carbons (Fsp3) is 0.583. The van der Waals surface area contributed by atoms with Gasteiger partial charge in [-0.25, -0.2) is 9.78 Å². The van der Waals surface area contributed by atoms with Gasteiger partial charge in [0.15, 0.2) is 11.2 Å². The molecule has 0 saturated carbocycles. The average molecular weight is 264 g/mol. The van der Waals surface area contributed by atoms with Crippen LogP contribution in [0.4, 0.5) is 0 Å². The van der Waals surface area contributed by atoms with Gasteiger partial charge in [-0.05, 0) is 12.8 Å². The Hall–Kier alpha value is -1.89. The number of ether oxygens (including phenoxy) is 1. The van der Waals surface area contributed by atoms with Gasteiger partial charge in [-0.3, -0.25) is 13.9 Å². The Morgan fingerprint density at radius 1 is 1.37 bits per heavy atom. The van der Waals surface area contributed by atoms with E-state index in [-0.39, 0.29) is 17.4 Å². The molecule has 7 nitrogen and oxygen atoms in total. The van der Waals surface area contributed by atoms with E-state index in [1.165, 1.54) is 11.6 Å². The molecular formula is C12H16N4O3. The molecule has 0 bridgehead atoms. The van der Waals surface area contributed by atoms with E-state index in [2.05, 4.69) is 4.98 Å². The van der Waals surface area contributed by atoms with E-state index in [1.54, 1.807) is 17.9 Å². The molecule has 0 N–H and O–H groups in total. The minimum Gasteiger partial charge on any atom is -0.376 e. The summed E-state index contributed by atoms with van der Waals surface area (Å²) in [4.78, 5) is 28.2. The molecule has 0 spiro atoms. The van der Waals surface area contributed by atoms with Gasteiger partial charge >= 0.3 is 5.69 Å². The Labute approximate surface area is 109 Å². The van der Waals surface area contributed by atoms with Crippen LogP contribution in [0.15, 0.2) is 15.9 Å². The highest BCUT2D eigenvalue weighted by molar-refractivity contribution is 5.69. The van der Waals surface area contributed by atoms with Gasteiger partial charge in [0.25, 0.3) is 5.56 Å². The topological polar surface area (TPSA) is 71.0 Å². The molecule has 2 aromatic heterocycles. The number of aryl methyl sites for hydroxylation is 1. The monoisotopic (exact) mass is 264 g/mol. The number of fused-ring (bicyclic) bond motifs is 1. The molecule has 1 atom stereocenters. The van der Waals surface area contributed by atoms with E-state index in [1.807, 2.05) is 0 Å². The number of rotatable bonds is 2. The second-order valence-electron chi connectivity index (χ2n) is 4.91. The van der Waals surface area contributed by atoms with Crippen molar-refractivity contribution in [2.24, 2.45) is 14.1 Å². The highest BCUT2D eigenvalue weighted by Gasteiger charge is 2.20. The Morgan fingerprint density at radius 2 is 2.16 bits per heavy atom. The maximum Gasteiger partial charge on any atom is 0.332 e. The van der Waals surface area contributed by atoms with E-state index in [9.17, 15) is 9.59 Å². The van der Waals surface area contributed by atoms with Gasteiger partial charge in [-0.2, -0.15) is 0 Å². The molecule has 1 aliphatic heterocycles. The van der Waals surface area contributed by atoms with Gasteiger partial charge in [0, 0.05) is 20.7 Å². The molecule has 1 unspecified atom stereocenters. The number of imidazole rings is 1. The summed E-state index contributed by atoms with van der Waals surface area (Å²) in [5.41, 5.74) is 0.208. The van der Waals surface area contributed by atoms with Gasteiger partial charge in [-0.1, -0.05) is 0 Å². The van der Waals surface area contributed by atoms with E-state index in [0.29, 0.717) is 17.7 Å². The van der Waals surface area contributed by atoms with Crippen molar-refractivity contribution in [3.63, 3.8) is 0 Å². The van der Waals surface area contributed by atoms with Gasteiger partial charge in [0.1, 0.15) is 0 Å². The van der Waals surface area contributed by atoms with Gasteiger partial charge in [-0.15, -0.1) is 0 Å². The predicted molar refractivity (Wildman–Crippen MR) is 69.2 cm³/mol. The molecule has 0 amide bonds. The molecule has 0 aromatic carbocycles. The second-order valence-corrected chi connectivity index (χ2v) is 4.91. The van der Waals surface area contributed by atoms with Crippen molar-refractivity contribution in [3.8, 4) is 0 Å². The smallest absolute Gasteiger partial charge is 0.332 e. The number of hydrogen-bond donors (Lipinski definition) is 0. The maximum atomic E-state index is 12.2. The van der Waals surface area contributed by atoms with Crippen LogP contribution in [0.1, 0.15) is 12.8 Å². The minimum atomic E-state index is -0.361. The molecule has 0 aliphatic carbocycles. The highest BCUT2D eigenvalue weighted by atomic mass is 16.5. The van der Waals surface area contributed by atoms with Crippen LogP contribution in [0.5, 0.6) is 0 Å². The van der Waals surface area contributed by atoms with Crippen molar-refractivity contribution in [1.82, 2.24) is 18.7 Å². The number of aromatic nitrogens is 4. The Bertz CT molecular complexity index is 734. The molecule has 1 aliphatic rings. The first-order valence-corrected chi connectivity index (χ1v) is 6.32. The quantitative estimate of drug-likeness (QED) is 0.741. The molecule has 1 fully saturated rings. The lowest BCUT2D eigenvalue weighted by Crippen LogP contribution is -2.37. The third kappa shape index (κ3) is 1.81. The van der Waals surface area contributed by atoms with Crippen LogP contribution in [-0.2, 0) is 25.4 Å². The molecule has 0 radical (unpaired) electrons. The first kappa shape index (κ1) is 12.2. The van der Waals surface area contributed by atoms with Crippen molar-refractivity contribution in [3.05, 3.63) is 27.2 Å². The molecule has 3 rings (SSSR count). The standard InChI is InChI=1S/C12H16N4O3/c1-14-10-9(11(17)15(2)12(14)18)16(7-13-10)6-8-4-3-5-19-8/h7-8H,3-6H2,1-2H3. The van der Waals surface area contributed by atoms with Gasteiger partial charge in [0.2, 0.25) is 0 Å². The number of nitrogens with zero attached hydrogens (tertiary/aromatic N) is 4. The predicted octanol–water partition coefficient (Wildman–Crippen LogP) is -0.387. The third-order valence-electron chi connectivity index (χ3n) is 3.64. The zero-order valence-electron chi connectivity index (χ0n) is 11.0. The van der Waals surface area contributed by atoms with Crippen LogP contribution >= 0.6 is 0 Å². The Morgan fingerprint density at radius 3 is 2.84 bits per heavy atom. The normalized spacial score (nSPS) is 19.4. The van der Waals surface area contributed by atoms with Crippen molar-refractivity contribution >= 4 is 11.2 Å². The highest BCUT2D eigenvalue weighted by Crippen LogP contribution is 2.15. The summed E-state index contributed by atoms with van der Waals surface area (Å²) in [5, 5.41) is 0. The SMILES string of the molecule is Cn1c(=O)c2c(ncn2CC2CCCO2)n(C)c1=O. The minimum absolute atomic E-state index is 0.124. The molecule has 3 heterocycles. The van der Waals surface area contributed by atoms with Crippen molar-refractivity contribution in [2.75, 3.05) is 6.61 Å². The van der Waals surface area contributed by atoms with Crippen LogP contribution in [0, 0.1) is 0 Å². The largest absolute Gasteiger partial charge is 0.376 e. The zero-order chi connectivity index (χ0) is 13.6. The molecule has 7 heteroatoms. The lowest BCUT2D eigenvalue weighted by molar-refractivity contribution is 0.0978. The van der Waals surface area contributed by atoms with E-state index in [0.717, 1.165) is 24.0 Å². The van der Waals surface area contributed by atoms with Crippen molar-refractivity contribution in [1.29, 1.82) is 0 Å². The maximum absolute atomic E-state index is 12.2.